The molecule has 0 saturated carbocycles. The average molecular weight is 270 g/mol. The Kier molecular flexibility index (Phi) is 3.81. The lowest BCUT2D eigenvalue weighted by Crippen LogP contribution is -2.23. The molecule has 0 aromatic carbocycles. The topological polar surface area (TPSA) is 46.9 Å². The molecule has 2 aromatic rings. The lowest BCUT2D eigenvalue weighted by Gasteiger charge is -2.08. The number of nitrogens with one attached hydrogen (secondary N) is 1. The molecule has 17 heavy (non-hydrogen) atoms. The largest absolute Gasteiger partial charge is 0.377 e. The van der Waals surface area contributed by atoms with Gasteiger partial charge >= 0.3 is 0 Å². The molecular weight excluding hydrogens is 258 g/mol. The summed E-state index contributed by atoms with van der Waals surface area (Å²) in [6, 6.07) is 4.00. The quantitative estimate of drug-likeness (QED) is 0.928. The molecule has 0 unspecified atom stereocenters. The van der Waals surface area contributed by atoms with E-state index in [4.69, 9.17) is 11.6 Å². The molecule has 0 atom stereocenters. The normalized spacial score (nSPS) is 10.5. The van der Waals surface area contributed by atoms with Gasteiger partial charge in [0.05, 0.1) is 11.9 Å². The standard InChI is InChI=1S/C11H12ClN3OS/c1-2-15-11(16)10(12)9(7-14-15)13-6-8-4-3-5-17-8/h3-5,7,13H,2,6H2,1H3. The van der Waals surface area contributed by atoms with Gasteiger partial charge in [0.15, 0.2) is 0 Å². The molecule has 2 aromatic heterocycles. The van der Waals surface area contributed by atoms with E-state index in [0.29, 0.717) is 18.8 Å². The fourth-order valence-corrected chi connectivity index (χ4v) is 2.27. The summed E-state index contributed by atoms with van der Waals surface area (Å²) in [7, 11) is 0. The van der Waals surface area contributed by atoms with E-state index in [0.717, 1.165) is 0 Å². The lowest BCUT2D eigenvalue weighted by molar-refractivity contribution is 0.616. The average Bonchev–Trinajstić information content (AvgIpc) is 2.84. The molecular formula is C11H12ClN3OS. The van der Waals surface area contributed by atoms with Crippen molar-refractivity contribution in [2.45, 2.75) is 20.0 Å². The zero-order chi connectivity index (χ0) is 12.3. The zero-order valence-corrected chi connectivity index (χ0v) is 10.9. The number of hydrogen-bond donors (Lipinski definition) is 1. The van der Waals surface area contributed by atoms with Crippen LogP contribution < -0.4 is 10.9 Å². The van der Waals surface area contributed by atoms with Gasteiger partial charge in [-0.25, -0.2) is 4.68 Å². The number of anilines is 1. The van der Waals surface area contributed by atoms with Crippen LogP contribution in [-0.2, 0) is 13.1 Å². The van der Waals surface area contributed by atoms with Gasteiger partial charge in [-0.3, -0.25) is 4.79 Å². The molecule has 6 heteroatoms. The van der Waals surface area contributed by atoms with Crippen molar-refractivity contribution in [3.8, 4) is 0 Å². The highest BCUT2D eigenvalue weighted by molar-refractivity contribution is 7.09. The molecule has 4 nitrogen and oxygen atoms in total. The predicted molar refractivity (Wildman–Crippen MR) is 70.8 cm³/mol. The Morgan fingerprint density at radius 1 is 1.59 bits per heavy atom. The number of hydrogen-bond acceptors (Lipinski definition) is 4. The Hall–Kier alpha value is -1.33. The number of aryl methyl sites for hydroxylation is 1. The Labute approximate surface area is 108 Å². The number of nitrogens with zero attached hydrogens (tertiary/aromatic N) is 2. The first-order valence-electron chi connectivity index (χ1n) is 5.24. The molecule has 0 aliphatic heterocycles. The summed E-state index contributed by atoms with van der Waals surface area (Å²) in [4.78, 5) is 12.9. The number of rotatable bonds is 4. The monoisotopic (exact) mass is 269 g/mol. The van der Waals surface area contributed by atoms with Crippen LogP contribution in [0.5, 0.6) is 0 Å². The maximum atomic E-state index is 11.7. The van der Waals surface area contributed by atoms with Crippen molar-refractivity contribution in [1.29, 1.82) is 0 Å². The summed E-state index contributed by atoms with van der Waals surface area (Å²) in [6.07, 6.45) is 1.58. The third-order valence-electron chi connectivity index (χ3n) is 2.32. The highest BCUT2D eigenvalue weighted by Crippen LogP contribution is 2.17. The molecule has 0 fully saturated rings. The van der Waals surface area contributed by atoms with Gasteiger partial charge in [-0.15, -0.1) is 11.3 Å². The molecule has 0 aliphatic carbocycles. The summed E-state index contributed by atoms with van der Waals surface area (Å²) in [6.45, 7) is 3.02. The second-order valence-electron chi connectivity index (χ2n) is 3.43. The van der Waals surface area contributed by atoms with Gasteiger partial charge in [0.1, 0.15) is 5.02 Å². The van der Waals surface area contributed by atoms with Gasteiger partial charge in [0, 0.05) is 18.0 Å². The van der Waals surface area contributed by atoms with Crippen LogP contribution in [0.1, 0.15) is 11.8 Å². The SMILES string of the molecule is CCn1ncc(NCc2cccs2)c(Cl)c1=O. The Bertz CT molecular complexity index is 550. The summed E-state index contributed by atoms with van der Waals surface area (Å²) < 4.78 is 1.33. The van der Waals surface area contributed by atoms with Crippen molar-refractivity contribution in [3.63, 3.8) is 0 Å². The maximum Gasteiger partial charge on any atom is 0.287 e. The van der Waals surface area contributed by atoms with E-state index in [1.807, 2.05) is 24.4 Å². The summed E-state index contributed by atoms with van der Waals surface area (Å²) >= 11 is 7.64. The molecule has 0 spiro atoms. The smallest absolute Gasteiger partial charge is 0.287 e. The Morgan fingerprint density at radius 2 is 2.41 bits per heavy atom. The Morgan fingerprint density at radius 3 is 3.06 bits per heavy atom. The van der Waals surface area contributed by atoms with Crippen LogP contribution in [0.2, 0.25) is 5.02 Å². The van der Waals surface area contributed by atoms with E-state index in [9.17, 15) is 4.79 Å². The van der Waals surface area contributed by atoms with Crippen molar-refractivity contribution in [2.24, 2.45) is 0 Å². The molecule has 2 heterocycles. The fourth-order valence-electron chi connectivity index (χ4n) is 1.41. The van der Waals surface area contributed by atoms with Crippen LogP contribution in [0.4, 0.5) is 5.69 Å². The summed E-state index contributed by atoms with van der Waals surface area (Å²) in [5.74, 6) is 0. The van der Waals surface area contributed by atoms with E-state index in [-0.39, 0.29) is 10.6 Å². The molecule has 90 valence electrons. The molecule has 0 bridgehead atoms. The van der Waals surface area contributed by atoms with Gasteiger partial charge in [-0.1, -0.05) is 17.7 Å². The van der Waals surface area contributed by atoms with Crippen LogP contribution >= 0.6 is 22.9 Å². The van der Waals surface area contributed by atoms with Crippen molar-refractivity contribution in [3.05, 3.63) is 44.0 Å². The van der Waals surface area contributed by atoms with E-state index < -0.39 is 0 Å². The second-order valence-corrected chi connectivity index (χ2v) is 4.84. The molecule has 2 rings (SSSR count). The van der Waals surface area contributed by atoms with E-state index >= 15 is 0 Å². The molecule has 0 radical (unpaired) electrons. The van der Waals surface area contributed by atoms with Crippen molar-refractivity contribution in [2.75, 3.05) is 5.32 Å². The number of halogens is 1. The van der Waals surface area contributed by atoms with Gasteiger partial charge in [0.2, 0.25) is 0 Å². The van der Waals surface area contributed by atoms with Crippen LogP contribution in [0.25, 0.3) is 0 Å². The highest BCUT2D eigenvalue weighted by Gasteiger charge is 2.07. The third-order valence-corrected chi connectivity index (χ3v) is 3.56. The van der Waals surface area contributed by atoms with E-state index in [2.05, 4.69) is 10.4 Å². The zero-order valence-electron chi connectivity index (χ0n) is 9.31. The van der Waals surface area contributed by atoms with Gasteiger partial charge in [0.25, 0.3) is 5.56 Å². The van der Waals surface area contributed by atoms with E-state index in [1.54, 1.807) is 17.5 Å². The summed E-state index contributed by atoms with van der Waals surface area (Å²) in [5, 5.41) is 9.33. The van der Waals surface area contributed by atoms with Crippen molar-refractivity contribution >= 4 is 28.6 Å². The number of aromatic nitrogens is 2. The van der Waals surface area contributed by atoms with Crippen molar-refractivity contribution < 1.29 is 0 Å². The molecule has 0 aliphatic rings. The van der Waals surface area contributed by atoms with E-state index in [1.165, 1.54) is 9.56 Å². The third kappa shape index (κ3) is 2.68. The minimum absolute atomic E-state index is 0.193. The molecule has 0 saturated heterocycles. The van der Waals surface area contributed by atoms with Crippen molar-refractivity contribution in [1.82, 2.24) is 9.78 Å². The lowest BCUT2D eigenvalue weighted by atomic mass is 10.4. The van der Waals surface area contributed by atoms with Crippen LogP contribution in [0.3, 0.4) is 0 Å². The van der Waals surface area contributed by atoms with Crippen LogP contribution in [-0.4, -0.2) is 9.78 Å². The van der Waals surface area contributed by atoms with Gasteiger partial charge in [-0.2, -0.15) is 5.10 Å². The maximum absolute atomic E-state index is 11.7. The first-order chi connectivity index (χ1) is 8.22. The fraction of sp³-hybridized carbons (Fsp3) is 0.273. The predicted octanol–water partition coefficient (Wildman–Crippen LogP) is 2.59. The molecule has 1 N–H and O–H groups in total. The number of thiophene rings is 1. The van der Waals surface area contributed by atoms with Crippen LogP contribution in [0, 0.1) is 0 Å². The van der Waals surface area contributed by atoms with Gasteiger partial charge in [-0.05, 0) is 18.4 Å². The van der Waals surface area contributed by atoms with Crippen LogP contribution in [0.15, 0.2) is 28.5 Å². The first kappa shape index (κ1) is 12.1. The van der Waals surface area contributed by atoms with Gasteiger partial charge < -0.3 is 5.32 Å². The summed E-state index contributed by atoms with van der Waals surface area (Å²) in [5.41, 5.74) is 0.320. The first-order valence-corrected chi connectivity index (χ1v) is 6.50. The highest BCUT2D eigenvalue weighted by atomic mass is 35.5. The Balaban J connectivity index is 2.17. The molecule has 0 amide bonds. The second kappa shape index (κ2) is 5.33. The minimum Gasteiger partial charge on any atom is -0.377 e. The minimum atomic E-state index is -0.259.